The van der Waals surface area contributed by atoms with E-state index in [-0.39, 0.29) is 29.1 Å². The number of aliphatic hydroxyl groups excluding tert-OH is 1. The predicted molar refractivity (Wildman–Crippen MR) is 96.4 cm³/mol. The Kier molecular flexibility index (Phi) is 4.28. The molecule has 1 unspecified atom stereocenters. The van der Waals surface area contributed by atoms with E-state index < -0.39 is 5.91 Å². The third-order valence-corrected chi connectivity index (χ3v) is 5.28. The summed E-state index contributed by atoms with van der Waals surface area (Å²) in [5.41, 5.74) is 2.64. The van der Waals surface area contributed by atoms with E-state index in [0.717, 1.165) is 23.3 Å². The van der Waals surface area contributed by atoms with E-state index >= 15 is 0 Å². The number of rotatable bonds is 4. The van der Waals surface area contributed by atoms with Gasteiger partial charge in [-0.2, -0.15) is 0 Å². The fourth-order valence-electron chi connectivity index (χ4n) is 3.74. The van der Waals surface area contributed by atoms with Crippen molar-refractivity contribution in [3.05, 3.63) is 63.1 Å². The van der Waals surface area contributed by atoms with E-state index in [9.17, 15) is 14.7 Å². The smallest absolute Gasteiger partial charge is 0.257 e. The third-order valence-electron chi connectivity index (χ3n) is 5.28. The van der Waals surface area contributed by atoms with Gasteiger partial charge >= 0.3 is 0 Å². The zero-order valence-corrected chi connectivity index (χ0v) is 14.6. The standard InChI is InChI=1S/C20H22N2O4/c1-11-6-17(24)16(10-21-11)20(25)22-19(14-8-15(23)9-14)13-2-3-18-12(7-13)4-5-26-18/h2-3,6-7,10,14-15,19,23H,4-5,8-9H2,1H3,(H,21,24)(H,22,25). The number of hydrogen-bond acceptors (Lipinski definition) is 4. The van der Waals surface area contributed by atoms with Gasteiger partial charge in [0.25, 0.3) is 5.91 Å². The summed E-state index contributed by atoms with van der Waals surface area (Å²) in [6.07, 6.45) is 3.27. The number of carbonyl (C=O) groups is 1. The van der Waals surface area contributed by atoms with Crippen LogP contribution in [0.4, 0.5) is 0 Å². The van der Waals surface area contributed by atoms with E-state index in [1.54, 1.807) is 6.92 Å². The monoisotopic (exact) mass is 354 g/mol. The van der Waals surface area contributed by atoms with Crippen LogP contribution in [0.5, 0.6) is 5.75 Å². The molecule has 1 amide bonds. The van der Waals surface area contributed by atoms with Crippen molar-refractivity contribution in [1.82, 2.24) is 10.3 Å². The molecule has 1 aromatic carbocycles. The molecule has 0 radical (unpaired) electrons. The molecule has 26 heavy (non-hydrogen) atoms. The first-order chi connectivity index (χ1) is 12.5. The number of aliphatic hydroxyl groups is 1. The maximum atomic E-state index is 12.7. The minimum absolute atomic E-state index is 0.102. The second-order valence-corrected chi connectivity index (χ2v) is 7.20. The quantitative estimate of drug-likeness (QED) is 0.782. The summed E-state index contributed by atoms with van der Waals surface area (Å²) in [6, 6.07) is 7.14. The lowest BCUT2D eigenvalue weighted by Crippen LogP contribution is -2.42. The highest BCUT2D eigenvalue weighted by Gasteiger charge is 2.36. The van der Waals surface area contributed by atoms with Gasteiger partial charge < -0.3 is 20.1 Å². The number of carbonyl (C=O) groups excluding carboxylic acids is 1. The molecular weight excluding hydrogens is 332 g/mol. The Balaban J connectivity index is 1.61. The van der Waals surface area contributed by atoms with Gasteiger partial charge in [0.1, 0.15) is 11.3 Å². The van der Waals surface area contributed by atoms with Crippen molar-refractivity contribution >= 4 is 5.91 Å². The molecule has 0 spiro atoms. The largest absolute Gasteiger partial charge is 0.493 e. The molecule has 1 saturated carbocycles. The Morgan fingerprint density at radius 2 is 2.15 bits per heavy atom. The topological polar surface area (TPSA) is 91.4 Å². The molecule has 1 aromatic heterocycles. The molecule has 1 fully saturated rings. The number of benzene rings is 1. The first kappa shape index (κ1) is 16.8. The lowest BCUT2D eigenvalue weighted by Gasteiger charge is -2.38. The van der Waals surface area contributed by atoms with Crippen molar-refractivity contribution < 1.29 is 14.6 Å². The molecule has 3 N–H and O–H groups in total. The lowest BCUT2D eigenvalue weighted by atomic mass is 9.74. The number of fused-ring (bicyclic) bond motifs is 1. The molecule has 6 nitrogen and oxygen atoms in total. The predicted octanol–water partition coefficient (Wildman–Crippen LogP) is 1.86. The van der Waals surface area contributed by atoms with Crippen molar-refractivity contribution in [2.45, 2.75) is 38.3 Å². The molecule has 0 saturated heterocycles. The molecule has 6 heteroatoms. The first-order valence-electron chi connectivity index (χ1n) is 8.95. The zero-order chi connectivity index (χ0) is 18.3. The number of nitrogens with one attached hydrogen (secondary N) is 2. The van der Waals surface area contributed by atoms with Crippen molar-refractivity contribution in [2.24, 2.45) is 5.92 Å². The van der Waals surface area contributed by atoms with Crippen LogP contribution in [0.15, 0.2) is 35.3 Å². The molecule has 136 valence electrons. The van der Waals surface area contributed by atoms with E-state index in [0.29, 0.717) is 25.1 Å². The Labute approximate surface area is 151 Å². The molecule has 4 rings (SSSR count). The average molecular weight is 354 g/mol. The van der Waals surface area contributed by atoms with Crippen molar-refractivity contribution in [3.8, 4) is 5.75 Å². The number of amides is 1. The Hall–Kier alpha value is -2.60. The molecule has 2 heterocycles. The fraction of sp³-hybridized carbons (Fsp3) is 0.400. The van der Waals surface area contributed by atoms with Crippen molar-refractivity contribution in [1.29, 1.82) is 0 Å². The lowest BCUT2D eigenvalue weighted by molar-refractivity contribution is 0.0235. The summed E-state index contributed by atoms with van der Waals surface area (Å²) in [5.74, 6) is 0.649. The molecule has 1 atom stereocenters. The van der Waals surface area contributed by atoms with Gasteiger partial charge in [-0.15, -0.1) is 0 Å². The van der Waals surface area contributed by atoms with E-state index in [1.165, 1.54) is 12.3 Å². The zero-order valence-electron chi connectivity index (χ0n) is 14.6. The number of aryl methyl sites for hydroxylation is 1. The van der Waals surface area contributed by atoms with Gasteiger partial charge in [0, 0.05) is 24.4 Å². The SMILES string of the molecule is Cc1cc(=O)c(C(=O)NC(c2ccc3c(c2)CCO3)C2CC(O)C2)c[nH]1. The van der Waals surface area contributed by atoms with Gasteiger partial charge in [0.15, 0.2) is 5.43 Å². The van der Waals surface area contributed by atoms with Gasteiger partial charge in [0.2, 0.25) is 0 Å². The third kappa shape index (κ3) is 3.12. The van der Waals surface area contributed by atoms with Crippen molar-refractivity contribution in [2.75, 3.05) is 6.61 Å². The minimum Gasteiger partial charge on any atom is -0.493 e. The summed E-state index contributed by atoms with van der Waals surface area (Å²) in [4.78, 5) is 27.7. The number of aromatic amines is 1. The van der Waals surface area contributed by atoms with Crippen LogP contribution in [-0.2, 0) is 6.42 Å². The fourth-order valence-corrected chi connectivity index (χ4v) is 3.74. The van der Waals surface area contributed by atoms with Gasteiger partial charge in [-0.25, -0.2) is 0 Å². The number of aromatic nitrogens is 1. The van der Waals surface area contributed by atoms with Crippen LogP contribution in [-0.4, -0.2) is 28.7 Å². The Bertz CT molecular complexity index is 899. The van der Waals surface area contributed by atoms with Gasteiger partial charge in [-0.1, -0.05) is 6.07 Å². The molecular formula is C20H22N2O4. The van der Waals surface area contributed by atoms with Crippen LogP contribution in [0.25, 0.3) is 0 Å². The maximum Gasteiger partial charge on any atom is 0.257 e. The van der Waals surface area contributed by atoms with Crippen molar-refractivity contribution in [3.63, 3.8) is 0 Å². The second kappa shape index (κ2) is 6.61. The summed E-state index contributed by atoms with van der Waals surface area (Å²) in [5, 5.41) is 12.7. The van der Waals surface area contributed by atoms with Gasteiger partial charge in [-0.3, -0.25) is 9.59 Å². The molecule has 0 bridgehead atoms. The van der Waals surface area contributed by atoms with E-state index in [1.807, 2.05) is 12.1 Å². The van der Waals surface area contributed by atoms with E-state index in [2.05, 4.69) is 16.4 Å². The molecule has 2 aromatic rings. The van der Waals surface area contributed by atoms with Crippen LogP contribution in [0, 0.1) is 12.8 Å². The minimum atomic E-state index is -0.394. The van der Waals surface area contributed by atoms with Crippen LogP contribution >= 0.6 is 0 Å². The second-order valence-electron chi connectivity index (χ2n) is 7.20. The number of hydrogen-bond donors (Lipinski definition) is 3. The van der Waals surface area contributed by atoms with Gasteiger partial charge in [-0.05, 0) is 48.9 Å². The highest BCUT2D eigenvalue weighted by atomic mass is 16.5. The first-order valence-corrected chi connectivity index (χ1v) is 8.95. The number of ether oxygens (including phenoxy) is 1. The number of pyridine rings is 1. The van der Waals surface area contributed by atoms with Gasteiger partial charge in [0.05, 0.1) is 18.8 Å². The molecule has 1 aliphatic carbocycles. The van der Waals surface area contributed by atoms with Crippen LogP contribution < -0.4 is 15.5 Å². The molecule has 1 aliphatic heterocycles. The number of H-pyrrole nitrogens is 1. The average Bonchev–Trinajstić information content (AvgIpc) is 3.04. The van der Waals surface area contributed by atoms with Crippen LogP contribution in [0.1, 0.15) is 46.1 Å². The van der Waals surface area contributed by atoms with Crippen LogP contribution in [0.3, 0.4) is 0 Å². The molecule has 2 aliphatic rings. The van der Waals surface area contributed by atoms with E-state index in [4.69, 9.17) is 4.74 Å². The Morgan fingerprint density at radius 1 is 1.35 bits per heavy atom. The summed E-state index contributed by atoms with van der Waals surface area (Å²) in [7, 11) is 0. The van der Waals surface area contributed by atoms with Crippen LogP contribution in [0.2, 0.25) is 0 Å². The Morgan fingerprint density at radius 3 is 2.88 bits per heavy atom. The summed E-state index contributed by atoms with van der Waals surface area (Å²) < 4.78 is 5.56. The summed E-state index contributed by atoms with van der Waals surface area (Å²) >= 11 is 0. The highest BCUT2D eigenvalue weighted by Crippen LogP contribution is 2.39. The highest BCUT2D eigenvalue weighted by molar-refractivity contribution is 5.94. The summed E-state index contributed by atoms with van der Waals surface area (Å²) in [6.45, 7) is 2.45. The normalized spacial score (nSPS) is 22.1. The maximum absolute atomic E-state index is 12.7.